The number of benzene rings is 1. The van der Waals surface area contributed by atoms with Crippen molar-refractivity contribution in [3.05, 3.63) is 48.1 Å². The normalized spacial score (nSPS) is 18.0. The van der Waals surface area contributed by atoms with Crippen molar-refractivity contribution in [3.8, 4) is 0 Å². The van der Waals surface area contributed by atoms with Gasteiger partial charge in [-0.2, -0.15) is 0 Å². The molecular weight excluding hydrogens is 248 g/mol. The first-order chi connectivity index (χ1) is 9.24. The van der Waals surface area contributed by atoms with Gasteiger partial charge in [-0.25, -0.2) is 0 Å². The zero-order valence-electron chi connectivity index (χ0n) is 11.9. The molecule has 1 aliphatic carbocycles. The minimum atomic E-state index is 0.750. The van der Waals surface area contributed by atoms with E-state index in [1.165, 1.54) is 43.2 Å². The molecule has 0 aliphatic heterocycles. The Balaban J connectivity index is 2.37. The first-order valence-electron chi connectivity index (χ1n) is 7.33. The van der Waals surface area contributed by atoms with Gasteiger partial charge < -0.3 is 0 Å². The highest BCUT2D eigenvalue weighted by atomic mass is 32.1. The fourth-order valence-electron chi connectivity index (χ4n) is 3.20. The van der Waals surface area contributed by atoms with E-state index in [0.29, 0.717) is 0 Å². The van der Waals surface area contributed by atoms with E-state index in [0.717, 1.165) is 17.2 Å². The quantitative estimate of drug-likeness (QED) is 0.511. The van der Waals surface area contributed by atoms with Crippen LogP contribution in [0.5, 0.6) is 0 Å². The van der Waals surface area contributed by atoms with E-state index in [2.05, 4.69) is 50.4 Å². The Labute approximate surface area is 123 Å². The van der Waals surface area contributed by atoms with Gasteiger partial charge in [-0.3, -0.25) is 0 Å². The molecule has 1 aliphatic rings. The summed E-state index contributed by atoms with van der Waals surface area (Å²) < 4.78 is 0. The Bertz CT molecular complexity index is 464. The molecule has 0 aromatic heterocycles. The minimum Gasteiger partial charge on any atom is -0.143 e. The van der Waals surface area contributed by atoms with Crippen molar-refractivity contribution in [1.82, 2.24) is 0 Å². The average molecular weight is 272 g/mol. The Morgan fingerprint density at radius 3 is 2.58 bits per heavy atom. The molecule has 1 fully saturated rings. The molecule has 2 rings (SSSR count). The van der Waals surface area contributed by atoms with Gasteiger partial charge in [-0.1, -0.05) is 49.1 Å². The van der Waals surface area contributed by atoms with Gasteiger partial charge in [0.05, 0.1) is 0 Å². The molecule has 1 heteroatoms. The largest absolute Gasteiger partial charge is 0.143 e. The zero-order valence-corrected chi connectivity index (χ0v) is 12.8. The van der Waals surface area contributed by atoms with Crippen LogP contribution >= 0.6 is 12.6 Å². The van der Waals surface area contributed by atoms with Gasteiger partial charge in [-0.15, -0.1) is 19.2 Å². The van der Waals surface area contributed by atoms with Crippen molar-refractivity contribution in [2.24, 2.45) is 5.92 Å². The Kier molecular flexibility index (Phi) is 5.33. The van der Waals surface area contributed by atoms with Crippen LogP contribution in [0.2, 0.25) is 0 Å². The molecule has 1 aromatic rings. The Hall–Kier alpha value is -0.950. The number of hydrogen-bond acceptors (Lipinski definition) is 1. The second-order valence-electron chi connectivity index (χ2n) is 5.50. The summed E-state index contributed by atoms with van der Waals surface area (Å²) in [5.74, 6) is 0.750. The fraction of sp³-hybridized carbons (Fsp3) is 0.444. The number of thiol groups is 1. The van der Waals surface area contributed by atoms with Crippen molar-refractivity contribution in [1.29, 1.82) is 0 Å². The number of rotatable bonds is 4. The average Bonchev–Trinajstić information content (AvgIpc) is 2.45. The molecule has 19 heavy (non-hydrogen) atoms. The Morgan fingerprint density at radius 2 is 1.95 bits per heavy atom. The van der Waals surface area contributed by atoms with Gasteiger partial charge in [-0.05, 0) is 49.3 Å². The van der Waals surface area contributed by atoms with Gasteiger partial charge >= 0.3 is 0 Å². The lowest BCUT2D eigenvalue weighted by atomic mass is 9.79. The summed E-state index contributed by atoms with van der Waals surface area (Å²) in [6.07, 6.45) is 9.90. The van der Waals surface area contributed by atoms with Crippen LogP contribution in [0.3, 0.4) is 0 Å². The smallest absolute Gasteiger partial charge is 0.0115 e. The van der Waals surface area contributed by atoms with Gasteiger partial charge in [0.15, 0.2) is 0 Å². The fourth-order valence-corrected chi connectivity index (χ4v) is 3.52. The minimum absolute atomic E-state index is 0.750. The molecule has 0 unspecified atom stereocenters. The lowest BCUT2D eigenvalue weighted by Gasteiger charge is -2.26. The molecule has 0 bridgehead atoms. The van der Waals surface area contributed by atoms with E-state index in [4.69, 9.17) is 0 Å². The summed E-state index contributed by atoms with van der Waals surface area (Å²) in [5, 5.41) is 0. The van der Waals surface area contributed by atoms with Crippen LogP contribution in [0, 0.1) is 5.92 Å². The number of hydrogen-bond donors (Lipinski definition) is 1. The lowest BCUT2D eigenvalue weighted by molar-refractivity contribution is 0.400. The van der Waals surface area contributed by atoms with Crippen molar-refractivity contribution in [3.63, 3.8) is 0 Å². The summed E-state index contributed by atoms with van der Waals surface area (Å²) in [4.78, 5) is 1.08. The van der Waals surface area contributed by atoms with Crippen LogP contribution in [-0.2, 0) is 0 Å². The molecule has 102 valence electrons. The maximum atomic E-state index is 4.60. The van der Waals surface area contributed by atoms with Crippen molar-refractivity contribution < 1.29 is 0 Å². The molecule has 0 N–H and O–H groups in total. The highest BCUT2D eigenvalue weighted by molar-refractivity contribution is 7.80. The van der Waals surface area contributed by atoms with Crippen LogP contribution < -0.4 is 0 Å². The predicted molar refractivity (Wildman–Crippen MR) is 87.7 cm³/mol. The molecule has 1 saturated carbocycles. The summed E-state index contributed by atoms with van der Waals surface area (Å²) in [5.41, 5.74) is 4.28. The van der Waals surface area contributed by atoms with E-state index in [1.54, 1.807) is 5.57 Å². The van der Waals surface area contributed by atoms with E-state index in [9.17, 15) is 0 Å². The summed E-state index contributed by atoms with van der Waals surface area (Å²) >= 11 is 4.60. The standard InChI is InChI=1S/C18H24S/c1-3-9-16(15-10-5-4-6-11-15)14(2)17-12-7-8-13-18(17)19/h3,7-8,12-13,15,19H,1,4-6,9-11H2,2H3/b16-14-. The van der Waals surface area contributed by atoms with Crippen molar-refractivity contribution in [2.45, 2.75) is 50.3 Å². The van der Waals surface area contributed by atoms with E-state index in [1.807, 2.05) is 6.07 Å². The third kappa shape index (κ3) is 3.54. The highest BCUT2D eigenvalue weighted by Crippen LogP contribution is 2.37. The topological polar surface area (TPSA) is 0 Å². The van der Waals surface area contributed by atoms with Crippen molar-refractivity contribution in [2.75, 3.05) is 0 Å². The molecule has 0 atom stereocenters. The molecule has 0 amide bonds. The summed E-state index contributed by atoms with van der Waals surface area (Å²) in [6, 6.07) is 8.41. The van der Waals surface area contributed by atoms with Gasteiger partial charge in [0.25, 0.3) is 0 Å². The van der Waals surface area contributed by atoms with Gasteiger partial charge in [0.2, 0.25) is 0 Å². The molecule has 0 nitrogen and oxygen atoms in total. The molecule has 0 heterocycles. The molecular formula is C18H24S. The second kappa shape index (κ2) is 7.00. The van der Waals surface area contributed by atoms with E-state index >= 15 is 0 Å². The molecule has 0 spiro atoms. The second-order valence-corrected chi connectivity index (χ2v) is 5.98. The van der Waals surface area contributed by atoms with E-state index < -0.39 is 0 Å². The van der Waals surface area contributed by atoms with Gasteiger partial charge in [0, 0.05) is 4.90 Å². The SMILES string of the molecule is C=CC/C(=C(\C)c1ccccc1S)C1CCCCC1. The van der Waals surface area contributed by atoms with Crippen LogP contribution in [0.4, 0.5) is 0 Å². The first kappa shape index (κ1) is 14.5. The third-order valence-corrected chi connectivity index (χ3v) is 4.64. The number of allylic oxidation sites excluding steroid dienone is 3. The van der Waals surface area contributed by atoms with Crippen LogP contribution in [0.15, 0.2) is 47.4 Å². The van der Waals surface area contributed by atoms with Crippen molar-refractivity contribution >= 4 is 18.2 Å². The highest BCUT2D eigenvalue weighted by Gasteiger charge is 2.19. The maximum absolute atomic E-state index is 4.60. The predicted octanol–water partition coefficient (Wildman–Crippen LogP) is 5.91. The van der Waals surface area contributed by atoms with Crippen LogP contribution in [-0.4, -0.2) is 0 Å². The maximum Gasteiger partial charge on any atom is 0.0115 e. The molecule has 1 aromatic carbocycles. The first-order valence-corrected chi connectivity index (χ1v) is 7.77. The monoisotopic (exact) mass is 272 g/mol. The summed E-state index contributed by atoms with van der Waals surface area (Å²) in [7, 11) is 0. The van der Waals surface area contributed by atoms with Gasteiger partial charge in [0.1, 0.15) is 0 Å². The van der Waals surface area contributed by atoms with Crippen LogP contribution in [0.1, 0.15) is 51.0 Å². The lowest BCUT2D eigenvalue weighted by Crippen LogP contribution is -2.10. The molecule has 0 radical (unpaired) electrons. The molecule has 0 saturated heterocycles. The third-order valence-electron chi connectivity index (χ3n) is 4.25. The Morgan fingerprint density at radius 1 is 1.26 bits per heavy atom. The zero-order chi connectivity index (χ0) is 13.7. The summed E-state index contributed by atoms with van der Waals surface area (Å²) in [6.45, 7) is 6.19. The van der Waals surface area contributed by atoms with Crippen LogP contribution in [0.25, 0.3) is 5.57 Å². The van der Waals surface area contributed by atoms with E-state index in [-0.39, 0.29) is 0 Å².